The van der Waals surface area contributed by atoms with Gasteiger partial charge < -0.3 is 14.4 Å². The number of hydrogen-bond donors (Lipinski definition) is 0. The minimum absolute atomic E-state index is 0.450. The van der Waals surface area contributed by atoms with Crippen molar-refractivity contribution in [1.82, 2.24) is 9.80 Å². The molecule has 0 N–H and O–H groups in total. The van der Waals surface area contributed by atoms with Gasteiger partial charge in [0.1, 0.15) is 11.9 Å². The number of amides is 1. The lowest BCUT2D eigenvalue weighted by molar-refractivity contribution is -0.117. The molecule has 0 saturated carbocycles. The van der Waals surface area contributed by atoms with Crippen LogP contribution in [0.3, 0.4) is 0 Å². The van der Waals surface area contributed by atoms with Gasteiger partial charge in [0.15, 0.2) is 0 Å². The van der Waals surface area contributed by atoms with Gasteiger partial charge in [-0.25, -0.2) is 4.79 Å². The molecular formula is C15H28N2O3. The largest absolute Gasteiger partial charge is 0.444 e. The van der Waals surface area contributed by atoms with E-state index >= 15 is 0 Å². The first kappa shape index (κ1) is 17.0. The molecule has 0 spiro atoms. The second-order valence-electron chi connectivity index (χ2n) is 6.81. The highest BCUT2D eigenvalue weighted by atomic mass is 16.6. The Labute approximate surface area is 122 Å². The SMILES string of the molecule is CN(C(=O)OC(C)(C)C)C(C)(C=O)CCN1CCCC1. The van der Waals surface area contributed by atoms with Crippen LogP contribution in [0, 0.1) is 0 Å². The first-order chi connectivity index (χ1) is 9.18. The van der Waals surface area contributed by atoms with Gasteiger partial charge in [-0.3, -0.25) is 4.90 Å². The number of likely N-dealkylation sites (tertiary alicyclic amines) is 1. The highest BCUT2D eigenvalue weighted by Gasteiger charge is 2.35. The van der Waals surface area contributed by atoms with Gasteiger partial charge in [-0.15, -0.1) is 0 Å². The van der Waals surface area contributed by atoms with E-state index in [1.165, 1.54) is 17.7 Å². The van der Waals surface area contributed by atoms with Crippen molar-refractivity contribution in [2.24, 2.45) is 0 Å². The minimum Gasteiger partial charge on any atom is -0.444 e. The summed E-state index contributed by atoms with van der Waals surface area (Å²) in [6, 6.07) is 0. The fourth-order valence-electron chi connectivity index (χ4n) is 2.24. The minimum atomic E-state index is -0.815. The quantitative estimate of drug-likeness (QED) is 0.727. The molecule has 116 valence electrons. The molecule has 1 heterocycles. The van der Waals surface area contributed by atoms with Gasteiger partial charge in [-0.1, -0.05) is 0 Å². The summed E-state index contributed by atoms with van der Waals surface area (Å²) in [6.07, 6.45) is 3.48. The van der Waals surface area contributed by atoms with Crippen molar-refractivity contribution in [3.8, 4) is 0 Å². The maximum absolute atomic E-state index is 12.1. The van der Waals surface area contributed by atoms with Crippen molar-refractivity contribution in [3.05, 3.63) is 0 Å². The molecule has 1 amide bonds. The number of likely N-dealkylation sites (N-methyl/N-ethyl adjacent to an activating group) is 1. The van der Waals surface area contributed by atoms with E-state index in [1.54, 1.807) is 14.0 Å². The Balaban J connectivity index is 2.60. The molecule has 20 heavy (non-hydrogen) atoms. The summed E-state index contributed by atoms with van der Waals surface area (Å²) in [7, 11) is 1.63. The maximum atomic E-state index is 12.1. The van der Waals surface area contributed by atoms with Crippen LogP contribution in [0.5, 0.6) is 0 Å². The van der Waals surface area contributed by atoms with E-state index in [9.17, 15) is 9.59 Å². The zero-order valence-electron chi connectivity index (χ0n) is 13.4. The molecule has 1 atom stereocenters. The first-order valence-electron chi connectivity index (χ1n) is 7.33. The number of aldehydes is 1. The lowest BCUT2D eigenvalue weighted by Gasteiger charge is -2.36. The smallest absolute Gasteiger partial charge is 0.410 e. The first-order valence-corrected chi connectivity index (χ1v) is 7.33. The molecule has 1 aliphatic rings. The lowest BCUT2D eigenvalue weighted by atomic mass is 9.98. The Kier molecular flexibility index (Phi) is 5.57. The summed E-state index contributed by atoms with van der Waals surface area (Å²) < 4.78 is 5.33. The number of ether oxygens (including phenoxy) is 1. The van der Waals surface area contributed by atoms with Crippen molar-refractivity contribution >= 4 is 12.4 Å². The van der Waals surface area contributed by atoms with Gasteiger partial charge in [0.2, 0.25) is 0 Å². The van der Waals surface area contributed by atoms with Crippen molar-refractivity contribution in [1.29, 1.82) is 0 Å². The molecular weight excluding hydrogens is 256 g/mol. The van der Waals surface area contributed by atoms with Crippen LogP contribution in [0.1, 0.15) is 47.0 Å². The normalized spacial score (nSPS) is 19.4. The Morgan fingerprint density at radius 3 is 2.25 bits per heavy atom. The lowest BCUT2D eigenvalue weighted by Crippen LogP contribution is -2.51. The molecule has 1 aliphatic heterocycles. The summed E-state index contributed by atoms with van der Waals surface area (Å²) in [5.41, 5.74) is -1.37. The molecule has 0 aromatic heterocycles. The molecule has 5 nitrogen and oxygen atoms in total. The molecule has 1 unspecified atom stereocenters. The second kappa shape index (κ2) is 6.57. The molecule has 0 aliphatic carbocycles. The molecule has 1 rings (SSSR count). The van der Waals surface area contributed by atoms with Crippen LogP contribution in [0.25, 0.3) is 0 Å². The zero-order chi connectivity index (χ0) is 15.4. The predicted octanol–water partition coefficient (Wildman–Crippen LogP) is 2.30. The van der Waals surface area contributed by atoms with Crippen molar-refractivity contribution in [3.63, 3.8) is 0 Å². The van der Waals surface area contributed by atoms with Gasteiger partial charge >= 0.3 is 6.09 Å². The molecule has 5 heteroatoms. The van der Waals surface area contributed by atoms with Crippen LogP contribution in [0.15, 0.2) is 0 Å². The molecule has 0 radical (unpaired) electrons. The summed E-state index contributed by atoms with van der Waals surface area (Å²) in [5.74, 6) is 0. The van der Waals surface area contributed by atoms with Crippen LogP contribution < -0.4 is 0 Å². The van der Waals surface area contributed by atoms with E-state index < -0.39 is 17.2 Å². The Morgan fingerprint density at radius 1 is 1.25 bits per heavy atom. The van der Waals surface area contributed by atoms with Crippen molar-refractivity contribution in [2.45, 2.75) is 58.1 Å². The van der Waals surface area contributed by atoms with Crippen molar-refractivity contribution in [2.75, 3.05) is 26.7 Å². The van der Waals surface area contributed by atoms with E-state index in [0.29, 0.717) is 6.42 Å². The summed E-state index contributed by atoms with van der Waals surface area (Å²) in [6.45, 7) is 10.3. The van der Waals surface area contributed by atoms with Gasteiger partial charge in [-0.05, 0) is 60.0 Å². The van der Waals surface area contributed by atoms with Gasteiger partial charge in [0.25, 0.3) is 0 Å². The summed E-state index contributed by atoms with van der Waals surface area (Å²) >= 11 is 0. The molecule has 1 fully saturated rings. The van der Waals surface area contributed by atoms with Crippen LogP contribution >= 0.6 is 0 Å². The van der Waals surface area contributed by atoms with Crippen LogP contribution in [-0.2, 0) is 9.53 Å². The highest BCUT2D eigenvalue weighted by Crippen LogP contribution is 2.21. The molecule has 0 bridgehead atoms. The third-order valence-electron chi connectivity index (χ3n) is 3.82. The van der Waals surface area contributed by atoms with Gasteiger partial charge in [0, 0.05) is 13.6 Å². The average molecular weight is 284 g/mol. The predicted molar refractivity (Wildman–Crippen MR) is 78.8 cm³/mol. The Morgan fingerprint density at radius 2 is 1.80 bits per heavy atom. The number of rotatable bonds is 5. The third kappa shape index (κ3) is 4.78. The van der Waals surface area contributed by atoms with E-state index in [1.807, 2.05) is 20.8 Å². The van der Waals surface area contributed by atoms with E-state index in [4.69, 9.17) is 4.74 Å². The fourth-order valence-corrected chi connectivity index (χ4v) is 2.24. The fraction of sp³-hybridized carbons (Fsp3) is 0.867. The number of hydrogen-bond acceptors (Lipinski definition) is 4. The van der Waals surface area contributed by atoms with Crippen molar-refractivity contribution < 1.29 is 14.3 Å². The van der Waals surface area contributed by atoms with Crippen LogP contribution in [0.4, 0.5) is 4.79 Å². The summed E-state index contributed by atoms with van der Waals surface area (Å²) in [5, 5.41) is 0. The number of carbonyl (C=O) groups is 2. The monoisotopic (exact) mass is 284 g/mol. The van der Waals surface area contributed by atoms with Gasteiger partial charge in [-0.2, -0.15) is 0 Å². The van der Waals surface area contributed by atoms with E-state index in [-0.39, 0.29) is 0 Å². The van der Waals surface area contributed by atoms with Crippen LogP contribution in [0.2, 0.25) is 0 Å². The molecule has 1 saturated heterocycles. The van der Waals surface area contributed by atoms with Gasteiger partial charge in [0.05, 0.1) is 5.54 Å². The second-order valence-corrected chi connectivity index (χ2v) is 6.81. The number of carbonyl (C=O) groups excluding carboxylic acids is 2. The molecule has 0 aromatic carbocycles. The third-order valence-corrected chi connectivity index (χ3v) is 3.82. The Bertz CT molecular complexity index is 346. The maximum Gasteiger partial charge on any atom is 0.410 e. The Hall–Kier alpha value is -1.10. The standard InChI is InChI=1S/C15H28N2O3/c1-14(2,3)20-13(19)16(5)15(4,12-18)8-11-17-9-6-7-10-17/h12H,6-11H2,1-5H3. The molecule has 0 aromatic rings. The number of nitrogens with zero attached hydrogens (tertiary/aromatic N) is 2. The van der Waals surface area contributed by atoms with E-state index in [0.717, 1.165) is 25.9 Å². The topological polar surface area (TPSA) is 49.9 Å². The average Bonchev–Trinajstić information content (AvgIpc) is 2.86. The zero-order valence-corrected chi connectivity index (χ0v) is 13.4. The summed E-state index contributed by atoms with van der Waals surface area (Å²) in [4.78, 5) is 27.3. The highest BCUT2D eigenvalue weighted by molar-refractivity contribution is 5.76. The van der Waals surface area contributed by atoms with Crippen LogP contribution in [-0.4, -0.2) is 60.0 Å². The van der Waals surface area contributed by atoms with E-state index in [2.05, 4.69) is 4.90 Å².